The van der Waals surface area contributed by atoms with Crippen LogP contribution >= 0.6 is 0 Å². The molecular formula is C24H26F4N4O2. The molecule has 0 saturated carbocycles. The van der Waals surface area contributed by atoms with Gasteiger partial charge in [0.1, 0.15) is 11.9 Å². The number of hydrogen-bond donors (Lipinski definition) is 1. The maximum Gasteiger partial charge on any atom is 0.409 e. The van der Waals surface area contributed by atoms with Crippen LogP contribution in [0.3, 0.4) is 0 Å². The lowest BCUT2D eigenvalue weighted by molar-refractivity contribution is -0.158. The van der Waals surface area contributed by atoms with Gasteiger partial charge < -0.3 is 5.32 Å². The maximum absolute atomic E-state index is 13.9. The lowest BCUT2D eigenvalue weighted by atomic mass is 10.1. The summed E-state index contributed by atoms with van der Waals surface area (Å²) in [7, 11) is 0. The zero-order valence-electron chi connectivity index (χ0n) is 18.5. The molecule has 0 aliphatic carbocycles. The molecule has 1 saturated heterocycles. The Labute approximate surface area is 195 Å². The molecule has 0 aromatic heterocycles. The number of carbonyl (C=O) groups excluding carboxylic acids is 2. The van der Waals surface area contributed by atoms with Crippen molar-refractivity contribution in [1.29, 1.82) is 0 Å². The third-order valence-electron chi connectivity index (χ3n) is 6.13. The molecule has 2 heterocycles. The molecule has 10 heteroatoms. The minimum atomic E-state index is -4.75. The minimum absolute atomic E-state index is 0.0495. The van der Waals surface area contributed by atoms with Crippen LogP contribution in [0.2, 0.25) is 0 Å². The standard InChI is InChI=1S/C24H26F4N4O2/c25-18-8-6-17(7-9-18)15-30-10-3-11-31(13-12-30)16-23(34)32-20-5-2-1-4-19(20)29-22(33)14-21(32)24(26,27)28/h1-2,4-9,21H,3,10-16H2,(H,29,33). The average Bonchev–Trinajstić information content (AvgIpc) is 3.09. The lowest BCUT2D eigenvalue weighted by Crippen LogP contribution is -2.52. The van der Waals surface area contributed by atoms with Gasteiger partial charge in [-0.05, 0) is 49.3 Å². The summed E-state index contributed by atoms with van der Waals surface area (Å²) < 4.78 is 54.9. The van der Waals surface area contributed by atoms with Crippen LogP contribution in [0.15, 0.2) is 48.5 Å². The Balaban J connectivity index is 1.47. The molecule has 0 spiro atoms. The fourth-order valence-electron chi connectivity index (χ4n) is 4.45. The highest BCUT2D eigenvalue weighted by Gasteiger charge is 2.49. The number of anilines is 2. The number of alkyl halides is 3. The van der Waals surface area contributed by atoms with E-state index in [0.717, 1.165) is 23.4 Å². The van der Waals surface area contributed by atoms with Crippen molar-refractivity contribution in [2.75, 3.05) is 42.9 Å². The summed E-state index contributed by atoms with van der Waals surface area (Å²) in [5, 5.41) is 2.48. The second-order valence-corrected chi connectivity index (χ2v) is 8.62. The summed E-state index contributed by atoms with van der Waals surface area (Å²) in [6.45, 7) is 2.92. The molecule has 1 fully saturated rings. The highest BCUT2D eigenvalue weighted by molar-refractivity contribution is 6.05. The topological polar surface area (TPSA) is 55.9 Å². The molecule has 1 atom stereocenters. The van der Waals surface area contributed by atoms with Gasteiger partial charge in [-0.2, -0.15) is 13.2 Å². The summed E-state index contributed by atoms with van der Waals surface area (Å²) >= 11 is 0. The van der Waals surface area contributed by atoms with E-state index in [9.17, 15) is 27.2 Å². The van der Waals surface area contributed by atoms with Crippen LogP contribution in [0.25, 0.3) is 0 Å². The molecule has 182 valence electrons. The van der Waals surface area contributed by atoms with Crippen LogP contribution in [-0.2, 0) is 16.1 Å². The minimum Gasteiger partial charge on any atom is -0.324 e. The van der Waals surface area contributed by atoms with Crippen molar-refractivity contribution in [3.63, 3.8) is 0 Å². The molecule has 0 bridgehead atoms. The maximum atomic E-state index is 13.9. The van der Waals surface area contributed by atoms with E-state index in [1.165, 1.54) is 24.3 Å². The molecule has 2 aliphatic rings. The molecule has 34 heavy (non-hydrogen) atoms. The number of amides is 2. The van der Waals surface area contributed by atoms with Gasteiger partial charge in [0.15, 0.2) is 0 Å². The first-order valence-corrected chi connectivity index (χ1v) is 11.2. The van der Waals surface area contributed by atoms with E-state index in [0.29, 0.717) is 26.2 Å². The van der Waals surface area contributed by atoms with E-state index in [4.69, 9.17) is 0 Å². The van der Waals surface area contributed by atoms with E-state index < -0.39 is 30.5 Å². The molecule has 4 rings (SSSR count). The molecular weight excluding hydrogens is 452 g/mol. The van der Waals surface area contributed by atoms with E-state index in [2.05, 4.69) is 10.2 Å². The van der Waals surface area contributed by atoms with Crippen molar-refractivity contribution in [1.82, 2.24) is 9.80 Å². The van der Waals surface area contributed by atoms with Crippen LogP contribution in [-0.4, -0.2) is 66.6 Å². The largest absolute Gasteiger partial charge is 0.409 e. The number of nitrogens with zero attached hydrogens (tertiary/aromatic N) is 3. The van der Waals surface area contributed by atoms with Crippen LogP contribution in [0.1, 0.15) is 18.4 Å². The zero-order valence-corrected chi connectivity index (χ0v) is 18.5. The van der Waals surface area contributed by atoms with Crippen molar-refractivity contribution in [2.24, 2.45) is 0 Å². The van der Waals surface area contributed by atoms with Gasteiger partial charge in [-0.1, -0.05) is 24.3 Å². The van der Waals surface area contributed by atoms with E-state index in [1.54, 1.807) is 24.3 Å². The number of hydrogen-bond acceptors (Lipinski definition) is 4. The molecule has 2 aliphatic heterocycles. The van der Waals surface area contributed by atoms with Gasteiger partial charge in [-0.3, -0.25) is 24.3 Å². The molecule has 1 unspecified atom stereocenters. The Kier molecular flexibility index (Phi) is 7.18. The number of fused-ring (bicyclic) bond motifs is 1. The van der Waals surface area contributed by atoms with Crippen LogP contribution in [0.5, 0.6) is 0 Å². The van der Waals surface area contributed by atoms with Gasteiger partial charge in [-0.15, -0.1) is 0 Å². The van der Waals surface area contributed by atoms with Crippen molar-refractivity contribution < 1.29 is 27.2 Å². The SMILES string of the molecule is O=C1CC(C(F)(F)F)N(C(=O)CN2CCCN(Cc3ccc(F)cc3)CC2)c2ccccc2N1. The first-order chi connectivity index (χ1) is 16.2. The second-order valence-electron chi connectivity index (χ2n) is 8.62. The van der Waals surface area contributed by atoms with Gasteiger partial charge in [0.25, 0.3) is 0 Å². The first kappa shape index (κ1) is 24.2. The Morgan fingerprint density at radius 3 is 2.38 bits per heavy atom. The second kappa shape index (κ2) is 10.1. The van der Waals surface area contributed by atoms with Gasteiger partial charge in [0.2, 0.25) is 11.8 Å². The molecule has 2 amide bonds. The van der Waals surface area contributed by atoms with Crippen LogP contribution in [0, 0.1) is 5.82 Å². The number of benzene rings is 2. The molecule has 1 N–H and O–H groups in total. The van der Waals surface area contributed by atoms with E-state index in [1.807, 2.05) is 4.90 Å². The van der Waals surface area contributed by atoms with Crippen molar-refractivity contribution in [3.05, 3.63) is 59.9 Å². The predicted octanol–water partition coefficient (Wildman–Crippen LogP) is 3.64. The zero-order chi connectivity index (χ0) is 24.3. The van der Waals surface area contributed by atoms with Crippen molar-refractivity contribution >= 4 is 23.2 Å². The summed E-state index contributed by atoms with van der Waals surface area (Å²) in [5.74, 6) is -1.78. The Bertz CT molecular complexity index is 1030. The number of halogens is 4. The number of rotatable bonds is 4. The first-order valence-electron chi connectivity index (χ1n) is 11.2. The normalized spacial score (nSPS) is 20.3. The molecule has 2 aromatic carbocycles. The van der Waals surface area contributed by atoms with E-state index in [-0.39, 0.29) is 23.7 Å². The highest BCUT2D eigenvalue weighted by Crippen LogP contribution is 2.37. The average molecular weight is 478 g/mol. The van der Waals surface area contributed by atoms with Crippen molar-refractivity contribution in [2.45, 2.75) is 31.6 Å². The fourth-order valence-corrected chi connectivity index (χ4v) is 4.45. The number of carbonyl (C=O) groups is 2. The summed E-state index contributed by atoms with van der Waals surface area (Å²) in [6, 6.07) is 10.1. The summed E-state index contributed by atoms with van der Waals surface area (Å²) in [4.78, 5) is 30.1. The predicted molar refractivity (Wildman–Crippen MR) is 120 cm³/mol. The Hall–Kier alpha value is -2.98. The molecule has 6 nitrogen and oxygen atoms in total. The van der Waals surface area contributed by atoms with Crippen molar-refractivity contribution in [3.8, 4) is 0 Å². The quantitative estimate of drug-likeness (QED) is 0.682. The lowest BCUT2D eigenvalue weighted by Gasteiger charge is -2.33. The van der Waals surface area contributed by atoms with Gasteiger partial charge in [0.05, 0.1) is 24.3 Å². The number of nitrogens with one attached hydrogen (secondary N) is 1. The smallest absolute Gasteiger partial charge is 0.324 e. The highest BCUT2D eigenvalue weighted by atomic mass is 19.4. The van der Waals surface area contributed by atoms with Gasteiger partial charge in [-0.25, -0.2) is 4.39 Å². The summed E-state index contributed by atoms with van der Waals surface area (Å²) in [5.41, 5.74) is 1.21. The Morgan fingerprint density at radius 1 is 0.971 bits per heavy atom. The van der Waals surface area contributed by atoms with Crippen LogP contribution < -0.4 is 10.2 Å². The fraction of sp³-hybridized carbons (Fsp3) is 0.417. The molecule has 2 aromatic rings. The van der Waals surface area contributed by atoms with Crippen LogP contribution in [0.4, 0.5) is 28.9 Å². The van der Waals surface area contributed by atoms with E-state index >= 15 is 0 Å². The summed E-state index contributed by atoms with van der Waals surface area (Å²) in [6.07, 6.45) is -4.86. The third kappa shape index (κ3) is 5.74. The van der Waals surface area contributed by atoms with Gasteiger partial charge >= 0.3 is 6.18 Å². The monoisotopic (exact) mass is 478 g/mol. The Morgan fingerprint density at radius 2 is 1.65 bits per heavy atom. The number of para-hydroxylation sites is 2. The van der Waals surface area contributed by atoms with Gasteiger partial charge in [0, 0.05) is 19.6 Å². The molecule has 0 radical (unpaired) electrons. The third-order valence-corrected chi connectivity index (χ3v) is 6.13.